The molecule has 1 aliphatic rings. The van der Waals surface area contributed by atoms with Crippen LogP contribution in [0.15, 0.2) is 41.8 Å². The number of anilines is 2. The maximum atomic E-state index is 12.5. The van der Waals surface area contributed by atoms with Crippen molar-refractivity contribution in [3.05, 3.63) is 46.7 Å². The van der Waals surface area contributed by atoms with E-state index in [-0.39, 0.29) is 17.8 Å². The highest BCUT2D eigenvalue weighted by molar-refractivity contribution is 7.10. The van der Waals surface area contributed by atoms with Crippen LogP contribution >= 0.6 is 11.3 Å². The van der Waals surface area contributed by atoms with Crippen molar-refractivity contribution in [3.63, 3.8) is 0 Å². The fraction of sp³-hybridized carbons (Fsp3) is 0.417. The number of carboxylic acids is 2. The largest absolute Gasteiger partial charge is 0.473 e. The van der Waals surface area contributed by atoms with Gasteiger partial charge in [-0.25, -0.2) is 9.59 Å². The predicted octanol–water partition coefficient (Wildman–Crippen LogP) is 3.45. The van der Waals surface area contributed by atoms with Gasteiger partial charge in [0, 0.05) is 22.4 Å². The topological polar surface area (TPSA) is 133 Å². The molecule has 1 saturated heterocycles. The van der Waals surface area contributed by atoms with Crippen molar-refractivity contribution in [1.82, 2.24) is 5.32 Å². The minimum Gasteiger partial charge on any atom is -0.473 e. The SMILES string of the molecule is CCC(=O)N(c1ccccc1)c1csc(CCCOC(=O)C2CCNCC2)c1.O=C(O)C(=O)O. The minimum absolute atomic E-state index is 0.0501. The Hall–Kier alpha value is -3.24. The van der Waals surface area contributed by atoms with Gasteiger partial charge in [-0.2, -0.15) is 0 Å². The third-order valence-electron chi connectivity index (χ3n) is 5.13. The Bertz CT molecular complexity index is 943. The number of carboxylic acid groups (broad SMARTS) is 2. The van der Waals surface area contributed by atoms with Gasteiger partial charge in [-0.15, -0.1) is 11.3 Å². The molecule has 0 radical (unpaired) electrons. The lowest BCUT2D eigenvalue weighted by Crippen LogP contribution is -2.32. The molecule has 3 rings (SSSR count). The van der Waals surface area contributed by atoms with Crippen LogP contribution in [0.4, 0.5) is 11.4 Å². The number of carbonyl (C=O) groups is 4. The quantitative estimate of drug-likeness (QED) is 0.291. The molecule has 1 amide bonds. The number of hydrogen-bond donors (Lipinski definition) is 3. The molecule has 1 fully saturated rings. The highest BCUT2D eigenvalue weighted by Crippen LogP contribution is 2.31. The number of hydrogen-bond acceptors (Lipinski definition) is 7. The normalized spacial score (nSPS) is 13.3. The number of piperidine rings is 1. The molecule has 1 aromatic carbocycles. The smallest absolute Gasteiger partial charge is 0.414 e. The van der Waals surface area contributed by atoms with Gasteiger partial charge >= 0.3 is 17.9 Å². The summed E-state index contributed by atoms with van der Waals surface area (Å²) in [6.45, 7) is 4.12. The average Bonchev–Trinajstić information content (AvgIpc) is 3.31. The summed E-state index contributed by atoms with van der Waals surface area (Å²) in [6.07, 6.45) is 3.82. The molecule has 0 aliphatic carbocycles. The van der Waals surface area contributed by atoms with E-state index in [1.165, 1.54) is 4.88 Å². The van der Waals surface area contributed by atoms with Crippen LogP contribution in [-0.4, -0.2) is 53.7 Å². The van der Waals surface area contributed by atoms with Crippen LogP contribution in [0.3, 0.4) is 0 Å². The van der Waals surface area contributed by atoms with Crippen molar-refractivity contribution >= 4 is 46.5 Å². The summed E-state index contributed by atoms with van der Waals surface area (Å²) in [5.41, 5.74) is 1.79. The number of aryl methyl sites for hydroxylation is 1. The first-order valence-corrected chi connectivity index (χ1v) is 12.0. The second kappa shape index (κ2) is 14.1. The van der Waals surface area contributed by atoms with E-state index in [2.05, 4.69) is 11.4 Å². The van der Waals surface area contributed by atoms with E-state index in [9.17, 15) is 9.59 Å². The number of nitrogens with one attached hydrogen (secondary N) is 1. The van der Waals surface area contributed by atoms with Crippen LogP contribution in [-0.2, 0) is 30.3 Å². The highest BCUT2D eigenvalue weighted by atomic mass is 32.1. The maximum Gasteiger partial charge on any atom is 0.414 e. The summed E-state index contributed by atoms with van der Waals surface area (Å²) in [7, 11) is 0. The lowest BCUT2D eigenvalue weighted by molar-refractivity contribution is -0.159. The molecular formula is C24H30N2O7S. The third kappa shape index (κ3) is 8.60. The van der Waals surface area contributed by atoms with E-state index in [4.69, 9.17) is 24.5 Å². The van der Waals surface area contributed by atoms with E-state index in [1.54, 1.807) is 16.2 Å². The van der Waals surface area contributed by atoms with Crippen molar-refractivity contribution in [2.24, 2.45) is 5.92 Å². The molecule has 0 atom stereocenters. The molecule has 184 valence electrons. The molecule has 0 saturated carbocycles. The molecule has 0 unspecified atom stereocenters. The molecule has 2 aromatic rings. The van der Waals surface area contributed by atoms with Crippen molar-refractivity contribution in [2.45, 2.75) is 39.0 Å². The zero-order chi connectivity index (χ0) is 24.9. The number of rotatable bonds is 8. The summed E-state index contributed by atoms with van der Waals surface area (Å²) in [5, 5.41) is 20.1. The van der Waals surface area contributed by atoms with Crippen molar-refractivity contribution in [2.75, 3.05) is 24.6 Å². The molecule has 34 heavy (non-hydrogen) atoms. The number of nitrogens with zero attached hydrogens (tertiary/aromatic N) is 1. The zero-order valence-electron chi connectivity index (χ0n) is 19.1. The van der Waals surface area contributed by atoms with Crippen LogP contribution in [0.5, 0.6) is 0 Å². The molecule has 9 nitrogen and oxygen atoms in total. The van der Waals surface area contributed by atoms with Gasteiger partial charge in [0.1, 0.15) is 0 Å². The van der Waals surface area contributed by atoms with Gasteiger partial charge in [-0.1, -0.05) is 25.1 Å². The van der Waals surface area contributed by atoms with Gasteiger partial charge in [-0.3, -0.25) is 14.5 Å². The van der Waals surface area contributed by atoms with Gasteiger partial charge in [0.2, 0.25) is 5.91 Å². The van der Waals surface area contributed by atoms with Gasteiger partial charge in [0.15, 0.2) is 0 Å². The Morgan fingerprint density at radius 3 is 2.29 bits per heavy atom. The average molecular weight is 491 g/mol. The Labute approximate surface area is 202 Å². The second-order valence-corrected chi connectivity index (χ2v) is 8.59. The first-order chi connectivity index (χ1) is 16.3. The van der Waals surface area contributed by atoms with Crippen molar-refractivity contribution < 1.29 is 34.1 Å². The van der Waals surface area contributed by atoms with Crippen molar-refractivity contribution in [1.29, 1.82) is 0 Å². The van der Waals surface area contributed by atoms with E-state index in [1.807, 2.05) is 42.6 Å². The zero-order valence-corrected chi connectivity index (χ0v) is 19.9. The molecule has 1 aliphatic heterocycles. The van der Waals surface area contributed by atoms with E-state index in [0.717, 1.165) is 50.1 Å². The molecule has 0 spiro atoms. The lowest BCUT2D eigenvalue weighted by Gasteiger charge is -2.21. The fourth-order valence-corrected chi connectivity index (χ4v) is 4.28. The summed E-state index contributed by atoms with van der Waals surface area (Å²) in [6, 6.07) is 11.8. The minimum atomic E-state index is -1.82. The van der Waals surface area contributed by atoms with Crippen LogP contribution in [0.1, 0.15) is 37.5 Å². The van der Waals surface area contributed by atoms with Crippen LogP contribution < -0.4 is 10.2 Å². The van der Waals surface area contributed by atoms with Crippen LogP contribution in [0, 0.1) is 5.92 Å². The maximum absolute atomic E-state index is 12.5. The standard InChI is InChI=1S/C22H28N2O3S.C2H2O4/c1-2-21(25)24(18-7-4-3-5-8-18)19-15-20(28-16-19)9-6-14-27-22(26)17-10-12-23-13-11-17;3-1(4)2(5)6/h3-5,7-8,15-17,23H,2,6,9-14H2,1H3;(H,3,4)(H,5,6). The van der Waals surface area contributed by atoms with Crippen LogP contribution in [0.2, 0.25) is 0 Å². The highest BCUT2D eigenvalue weighted by Gasteiger charge is 2.22. The van der Waals surface area contributed by atoms with E-state index in [0.29, 0.717) is 13.0 Å². The van der Waals surface area contributed by atoms with Gasteiger partial charge in [0.25, 0.3) is 0 Å². The molecule has 1 aromatic heterocycles. The number of esters is 1. The summed E-state index contributed by atoms with van der Waals surface area (Å²) >= 11 is 1.64. The Morgan fingerprint density at radius 1 is 1.06 bits per heavy atom. The monoisotopic (exact) mass is 490 g/mol. The number of carbonyl (C=O) groups excluding carboxylic acids is 2. The molecule has 0 bridgehead atoms. The summed E-state index contributed by atoms with van der Waals surface area (Å²) in [5.74, 6) is -3.58. The molecule has 2 heterocycles. The Kier molecular flexibility index (Phi) is 11.2. The molecule has 10 heteroatoms. The second-order valence-electron chi connectivity index (χ2n) is 7.60. The molecular weight excluding hydrogens is 460 g/mol. The molecule has 3 N–H and O–H groups in total. The van der Waals surface area contributed by atoms with E-state index < -0.39 is 11.9 Å². The van der Waals surface area contributed by atoms with Gasteiger partial charge in [-0.05, 0) is 57.0 Å². The van der Waals surface area contributed by atoms with Gasteiger partial charge < -0.3 is 20.3 Å². The first kappa shape index (κ1) is 27.0. The Morgan fingerprint density at radius 2 is 1.71 bits per heavy atom. The van der Waals surface area contributed by atoms with E-state index >= 15 is 0 Å². The predicted molar refractivity (Wildman–Crippen MR) is 128 cm³/mol. The summed E-state index contributed by atoms with van der Waals surface area (Å²) < 4.78 is 5.46. The van der Waals surface area contributed by atoms with Crippen molar-refractivity contribution in [3.8, 4) is 0 Å². The van der Waals surface area contributed by atoms with Crippen LogP contribution in [0.25, 0.3) is 0 Å². The lowest BCUT2D eigenvalue weighted by atomic mass is 9.99. The third-order valence-corrected chi connectivity index (χ3v) is 6.12. The number of benzene rings is 1. The number of thiophene rings is 1. The number of aliphatic carboxylic acids is 2. The number of para-hydroxylation sites is 1. The number of ether oxygens (including phenoxy) is 1. The number of amides is 1. The fourth-order valence-electron chi connectivity index (χ4n) is 3.38. The Balaban J connectivity index is 0.000000604. The first-order valence-electron chi connectivity index (χ1n) is 11.1. The van der Waals surface area contributed by atoms with Gasteiger partial charge in [0.05, 0.1) is 18.2 Å². The summed E-state index contributed by atoms with van der Waals surface area (Å²) in [4.78, 5) is 45.7.